The maximum atomic E-state index is 13.2. The van der Waals surface area contributed by atoms with Gasteiger partial charge in [0.2, 0.25) is 11.8 Å². The highest BCUT2D eigenvalue weighted by atomic mass is 19.2. The minimum Gasteiger partial charge on any atom is -0.349 e. The van der Waals surface area contributed by atoms with Gasteiger partial charge in [-0.2, -0.15) is 0 Å². The highest BCUT2D eigenvalue weighted by molar-refractivity contribution is 5.95. The predicted molar refractivity (Wildman–Crippen MR) is 118 cm³/mol. The molecule has 33 heavy (non-hydrogen) atoms. The quantitative estimate of drug-likeness (QED) is 0.513. The fraction of sp³-hybridized carbons (Fsp3) is 0.375. The van der Waals surface area contributed by atoms with Crippen molar-refractivity contribution in [1.29, 1.82) is 0 Å². The largest absolute Gasteiger partial charge is 0.349 e. The first kappa shape index (κ1) is 22.8. The summed E-state index contributed by atoms with van der Waals surface area (Å²) in [7, 11) is 0. The molecule has 2 aliphatic carbocycles. The number of carbonyl (C=O) groups is 3. The van der Waals surface area contributed by atoms with E-state index in [-0.39, 0.29) is 30.6 Å². The number of benzene rings is 2. The molecule has 3 amide bonds. The van der Waals surface area contributed by atoms with Crippen LogP contribution in [0.3, 0.4) is 0 Å². The zero-order chi connectivity index (χ0) is 23.4. The number of hydrogen-bond acceptors (Lipinski definition) is 4. The number of nitrogens with one attached hydrogen (secondary N) is 3. The average molecular weight is 456 g/mol. The zero-order valence-electron chi connectivity index (χ0n) is 18.1. The topological polar surface area (TPSA) is 90.5 Å². The van der Waals surface area contributed by atoms with Gasteiger partial charge in [0, 0.05) is 35.9 Å². The molecule has 0 bridgehead atoms. The number of nitrogens with zero attached hydrogens (tertiary/aromatic N) is 1. The van der Waals surface area contributed by atoms with Crippen LogP contribution >= 0.6 is 0 Å². The molecule has 7 nitrogen and oxygen atoms in total. The number of carbonyl (C=O) groups excluding carboxylic acids is 3. The van der Waals surface area contributed by atoms with Crippen molar-refractivity contribution < 1.29 is 23.2 Å². The van der Waals surface area contributed by atoms with E-state index in [1.54, 1.807) is 12.1 Å². The van der Waals surface area contributed by atoms with Gasteiger partial charge in [-0.05, 0) is 55.5 Å². The van der Waals surface area contributed by atoms with Crippen LogP contribution in [0.4, 0.5) is 14.5 Å². The molecule has 0 spiro atoms. The van der Waals surface area contributed by atoms with Gasteiger partial charge in [-0.15, -0.1) is 0 Å². The summed E-state index contributed by atoms with van der Waals surface area (Å²) in [5, 5.41) is 7.94. The maximum Gasteiger partial charge on any atom is 0.251 e. The molecular weight excluding hydrogens is 430 g/mol. The van der Waals surface area contributed by atoms with Crippen molar-refractivity contribution >= 4 is 23.4 Å². The van der Waals surface area contributed by atoms with E-state index in [2.05, 4.69) is 16.0 Å². The van der Waals surface area contributed by atoms with Crippen molar-refractivity contribution in [1.82, 2.24) is 15.5 Å². The maximum absolute atomic E-state index is 13.2. The molecule has 2 aliphatic rings. The van der Waals surface area contributed by atoms with E-state index in [4.69, 9.17) is 0 Å². The highest BCUT2D eigenvalue weighted by Gasteiger charge is 2.30. The van der Waals surface area contributed by atoms with E-state index >= 15 is 0 Å². The van der Waals surface area contributed by atoms with Crippen molar-refractivity contribution in [2.24, 2.45) is 0 Å². The van der Waals surface area contributed by atoms with Gasteiger partial charge in [0.25, 0.3) is 5.91 Å². The van der Waals surface area contributed by atoms with Gasteiger partial charge in [-0.1, -0.05) is 12.1 Å². The molecule has 9 heteroatoms. The first-order valence-electron chi connectivity index (χ1n) is 11.0. The number of rotatable bonds is 10. The number of anilines is 1. The minimum absolute atomic E-state index is 0.0656. The third kappa shape index (κ3) is 6.82. The molecule has 2 fully saturated rings. The predicted octanol–water partition coefficient (Wildman–Crippen LogP) is 2.58. The Morgan fingerprint density at radius 3 is 2.27 bits per heavy atom. The van der Waals surface area contributed by atoms with Gasteiger partial charge in [0.05, 0.1) is 13.1 Å². The van der Waals surface area contributed by atoms with Gasteiger partial charge in [0.1, 0.15) is 0 Å². The Kier molecular flexibility index (Phi) is 6.98. The Morgan fingerprint density at radius 1 is 0.909 bits per heavy atom. The fourth-order valence-electron chi connectivity index (χ4n) is 3.44. The highest BCUT2D eigenvalue weighted by Crippen LogP contribution is 2.28. The van der Waals surface area contributed by atoms with Crippen LogP contribution in [0.15, 0.2) is 42.5 Å². The van der Waals surface area contributed by atoms with Crippen molar-refractivity contribution in [2.75, 3.05) is 18.4 Å². The fourth-order valence-corrected chi connectivity index (χ4v) is 3.44. The van der Waals surface area contributed by atoms with Crippen LogP contribution in [-0.2, 0) is 16.1 Å². The summed E-state index contributed by atoms with van der Waals surface area (Å²) >= 11 is 0. The SMILES string of the molecule is O=C(CN(Cc1ccc(C(=O)NC2CC2)cc1)C1CC1)NCC(=O)Nc1ccc(F)c(F)c1. The van der Waals surface area contributed by atoms with Gasteiger partial charge >= 0.3 is 0 Å². The Bertz CT molecular complexity index is 1040. The summed E-state index contributed by atoms with van der Waals surface area (Å²) in [5.74, 6) is -2.97. The monoisotopic (exact) mass is 456 g/mol. The summed E-state index contributed by atoms with van der Waals surface area (Å²) < 4.78 is 26.2. The van der Waals surface area contributed by atoms with Crippen molar-refractivity contribution in [3.63, 3.8) is 0 Å². The van der Waals surface area contributed by atoms with Crippen molar-refractivity contribution in [3.8, 4) is 0 Å². The van der Waals surface area contributed by atoms with Gasteiger partial charge in [-0.3, -0.25) is 19.3 Å². The molecule has 0 aromatic heterocycles. The number of amides is 3. The molecule has 3 N–H and O–H groups in total. The van der Waals surface area contributed by atoms with E-state index in [1.165, 1.54) is 6.07 Å². The van der Waals surface area contributed by atoms with E-state index < -0.39 is 17.5 Å². The Hall–Kier alpha value is -3.33. The lowest BCUT2D eigenvalue weighted by molar-refractivity contribution is -0.125. The standard InChI is InChI=1S/C24H26F2N4O3/c25-20-10-7-18(11-21(20)26)28-22(31)12-27-23(32)14-30(19-8-9-19)13-15-1-3-16(4-2-15)24(33)29-17-5-6-17/h1-4,7,10-11,17,19H,5-6,8-9,12-14H2,(H,27,32)(H,28,31)(H,29,33). The molecule has 2 aromatic rings. The Balaban J connectivity index is 1.24. The first-order valence-corrected chi connectivity index (χ1v) is 11.0. The summed E-state index contributed by atoms with van der Waals surface area (Å²) in [6.45, 7) is 0.415. The first-order chi connectivity index (χ1) is 15.9. The van der Waals surface area contributed by atoms with Crippen LogP contribution in [0.2, 0.25) is 0 Å². The second-order valence-corrected chi connectivity index (χ2v) is 8.53. The lowest BCUT2D eigenvalue weighted by atomic mass is 10.1. The minimum atomic E-state index is -1.06. The second kappa shape index (κ2) is 10.1. The second-order valence-electron chi connectivity index (χ2n) is 8.53. The van der Waals surface area contributed by atoms with E-state index in [0.29, 0.717) is 24.2 Å². The normalized spacial score (nSPS) is 15.2. The lowest BCUT2D eigenvalue weighted by Gasteiger charge is -2.21. The molecule has 0 unspecified atom stereocenters. The van der Waals surface area contributed by atoms with Crippen molar-refractivity contribution in [3.05, 3.63) is 65.2 Å². The third-order valence-corrected chi connectivity index (χ3v) is 5.57. The summed E-state index contributed by atoms with van der Waals surface area (Å²) in [6, 6.07) is 11.0. The molecule has 0 atom stereocenters. The smallest absolute Gasteiger partial charge is 0.251 e. The summed E-state index contributed by atoms with van der Waals surface area (Å²) in [5.41, 5.74) is 1.73. The molecule has 0 aliphatic heterocycles. The van der Waals surface area contributed by atoms with Crippen LogP contribution in [0.5, 0.6) is 0 Å². The molecule has 2 aromatic carbocycles. The van der Waals surface area contributed by atoms with Crippen LogP contribution < -0.4 is 16.0 Å². The van der Waals surface area contributed by atoms with Gasteiger partial charge in [0.15, 0.2) is 11.6 Å². The summed E-state index contributed by atoms with van der Waals surface area (Å²) in [6.07, 6.45) is 4.08. The van der Waals surface area contributed by atoms with E-state index in [9.17, 15) is 23.2 Å². The van der Waals surface area contributed by atoms with Crippen LogP contribution in [-0.4, -0.2) is 47.8 Å². The van der Waals surface area contributed by atoms with Crippen LogP contribution in [0.25, 0.3) is 0 Å². The number of hydrogen-bond donors (Lipinski definition) is 3. The van der Waals surface area contributed by atoms with Crippen molar-refractivity contribution in [2.45, 2.75) is 44.3 Å². The molecule has 0 saturated heterocycles. The van der Waals surface area contributed by atoms with E-state index in [0.717, 1.165) is 43.4 Å². The average Bonchev–Trinajstić information content (AvgIpc) is 3.70. The molecule has 174 valence electrons. The Labute approximate surface area is 190 Å². The zero-order valence-corrected chi connectivity index (χ0v) is 18.1. The van der Waals surface area contributed by atoms with Gasteiger partial charge in [-0.25, -0.2) is 8.78 Å². The molecule has 0 radical (unpaired) electrons. The summed E-state index contributed by atoms with van der Waals surface area (Å²) in [4.78, 5) is 38.6. The third-order valence-electron chi connectivity index (χ3n) is 5.57. The Morgan fingerprint density at radius 2 is 1.64 bits per heavy atom. The van der Waals surface area contributed by atoms with Gasteiger partial charge < -0.3 is 16.0 Å². The molecule has 4 rings (SSSR count). The molecular formula is C24H26F2N4O3. The number of halogens is 2. The lowest BCUT2D eigenvalue weighted by Crippen LogP contribution is -2.41. The molecule has 0 heterocycles. The van der Waals surface area contributed by atoms with Crippen LogP contribution in [0, 0.1) is 11.6 Å². The molecule has 2 saturated carbocycles. The van der Waals surface area contributed by atoms with E-state index in [1.807, 2.05) is 17.0 Å². The van der Waals surface area contributed by atoms with Crippen LogP contribution in [0.1, 0.15) is 41.6 Å².